The normalized spacial score (nSPS) is 11.7. The molecule has 0 radical (unpaired) electrons. The molecule has 1 heteroatoms. The maximum atomic E-state index is 6.25. The Hall–Kier alpha value is -5.66. The van der Waals surface area contributed by atoms with Gasteiger partial charge in [-0.2, -0.15) is 0 Å². The van der Waals surface area contributed by atoms with Crippen LogP contribution in [-0.2, 0) is 0 Å². The van der Waals surface area contributed by atoms with Gasteiger partial charge in [0.1, 0.15) is 11.2 Å². The molecule has 0 aliphatic carbocycles. The number of hydrogen-bond acceptors (Lipinski definition) is 1. The van der Waals surface area contributed by atoms with E-state index in [-0.39, 0.29) is 0 Å². The van der Waals surface area contributed by atoms with Crippen molar-refractivity contribution < 1.29 is 4.42 Å². The van der Waals surface area contributed by atoms with E-state index < -0.39 is 0 Å². The molecule has 0 spiro atoms. The van der Waals surface area contributed by atoms with Gasteiger partial charge in [-0.15, -0.1) is 0 Å². The molecule has 0 amide bonds. The summed E-state index contributed by atoms with van der Waals surface area (Å²) in [6.07, 6.45) is 0. The fourth-order valence-corrected chi connectivity index (χ4v) is 6.93. The van der Waals surface area contributed by atoms with E-state index >= 15 is 0 Å². The van der Waals surface area contributed by atoms with Crippen LogP contribution in [0.15, 0.2) is 162 Å². The van der Waals surface area contributed by atoms with Crippen LogP contribution in [0.4, 0.5) is 0 Å². The van der Waals surface area contributed by atoms with Crippen molar-refractivity contribution in [2.45, 2.75) is 0 Å². The van der Waals surface area contributed by atoms with Crippen LogP contribution in [0.3, 0.4) is 0 Å². The van der Waals surface area contributed by atoms with Crippen molar-refractivity contribution in [1.82, 2.24) is 0 Å². The number of benzene rings is 8. The van der Waals surface area contributed by atoms with Gasteiger partial charge in [0.15, 0.2) is 0 Å². The number of rotatable bonds is 3. The zero-order valence-electron chi connectivity index (χ0n) is 23.4. The van der Waals surface area contributed by atoms with Gasteiger partial charge in [0, 0.05) is 10.8 Å². The number of furan rings is 1. The lowest BCUT2D eigenvalue weighted by molar-refractivity contribution is 0.669. The smallest absolute Gasteiger partial charge is 0.136 e. The zero-order valence-corrected chi connectivity index (χ0v) is 23.4. The lowest BCUT2D eigenvalue weighted by Gasteiger charge is -2.18. The van der Waals surface area contributed by atoms with Crippen LogP contribution >= 0.6 is 0 Å². The van der Waals surface area contributed by atoms with Gasteiger partial charge in [0.2, 0.25) is 0 Å². The SMILES string of the molecule is c1ccc(-c2cccc(-c3c4ccccc4c(-c4ccc5ccc6oc7ccccc7c6c5c4)c4ccccc34)c2)cc1. The fourth-order valence-electron chi connectivity index (χ4n) is 6.93. The standard InChI is InChI=1S/C42H26O/c1-2-11-27(12-3-1)29-13-10-14-30(25-29)40-32-15-4-6-17-34(32)41(35-18-7-5-16-33(35)40)31-22-21-28-23-24-39-42(37(28)26-31)36-19-8-9-20-38(36)43-39/h1-26H. The Morgan fingerprint density at radius 1 is 0.302 bits per heavy atom. The molecule has 0 aliphatic heterocycles. The lowest BCUT2D eigenvalue weighted by atomic mass is 9.85. The molecule has 0 N–H and O–H groups in total. The van der Waals surface area contributed by atoms with Crippen LogP contribution in [0.2, 0.25) is 0 Å². The molecule has 0 saturated carbocycles. The minimum Gasteiger partial charge on any atom is -0.456 e. The predicted molar refractivity (Wildman–Crippen MR) is 183 cm³/mol. The maximum Gasteiger partial charge on any atom is 0.136 e. The molecule has 8 aromatic carbocycles. The first-order chi connectivity index (χ1) is 21.3. The predicted octanol–water partition coefficient (Wildman–Crippen LogP) is 12.0. The van der Waals surface area contributed by atoms with E-state index in [4.69, 9.17) is 4.42 Å². The molecular formula is C42H26O. The molecule has 1 aromatic heterocycles. The highest BCUT2D eigenvalue weighted by molar-refractivity contribution is 6.23. The molecule has 0 bridgehead atoms. The maximum absolute atomic E-state index is 6.25. The summed E-state index contributed by atoms with van der Waals surface area (Å²) in [5.74, 6) is 0. The summed E-state index contributed by atoms with van der Waals surface area (Å²) in [6, 6.07) is 56.8. The first kappa shape index (κ1) is 24.0. The monoisotopic (exact) mass is 546 g/mol. The van der Waals surface area contributed by atoms with Crippen molar-refractivity contribution in [3.05, 3.63) is 158 Å². The van der Waals surface area contributed by atoms with Gasteiger partial charge in [-0.3, -0.25) is 0 Å². The molecule has 1 heterocycles. The Kier molecular flexibility index (Phi) is 5.27. The summed E-state index contributed by atoms with van der Waals surface area (Å²) in [6.45, 7) is 0. The molecule has 9 rings (SSSR count). The highest BCUT2D eigenvalue weighted by atomic mass is 16.3. The fraction of sp³-hybridized carbons (Fsp3) is 0. The van der Waals surface area contributed by atoms with E-state index in [0.29, 0.717) is 0 Å². The molecule has 9 aromatic rings. The number of hydrogen-bond donors (Lipinski definition) is 0. The van der Waals surface area contributed by atoms with E-state index in [9.17, 15) is 0 Å². The average molecular weight is 547 g/mol. The van der Waals surface area contributed by atoms with E-state index in [2.05, 4.69) is 152 Å². The topological polar surface area (TPSA) is 13.1 Å². The van der Waals surface area contributed by atoms with Gasteiger partial charge < -0.3 is 4.42 Å². The molecule has 0 atom stereocenters. The summed E-state index contributed by atoms with van der Waals surface area (Å²) < 4.78 is 6.25. The van der Waals surface area contributed by atoms with Crippen LogP contribution in [0.1, 0.15) is 0 Å². The zero-order chi connectivity index (χ0) is 28.3. The molecular weight excluding hydrogens is 520 g/mol. The number of para-hydroxylation sites is 1. The Bertz CT molecular complexity index is 2440. The van der Waals surface area contributed by atoms with Gasteiger partial charge in [0.25, 0.3) is 0 Å². The van der Waals surface area contributed by atoms with Gasteiger partial charge in [0.05, 0.1) is 0 Å². The van der Waals surface area contributed by atoms with Crippen molar-refractivity contribution in [3.63, 3.8) is 0 Å². The summed E-state index contributed by atoms with van der Waals surface area (Å²) in [5, 5.41) is 9.79. The molecule has 1 nitrogen and oxygen atoms in total. The van der Waals surface area contributed by atoms with Crippen molar-refractivity contribution >= 4 is 54.3 Å². The lowest BCUT2D eigenvalue weighted by Crippen LogP contribution is -1.91. The largest absolute Gasteiger partial charge is 0.456 e. The highest BCUT2D eigenvalue weighted by Crippen LogP contribution is 2.45. The average Bonchev–Trinajstić information content (AvgIpc) is 3.47. The highest BCUT2D eigenvalue weighted by Gasteiger charge is 2.18. The van der Waals surface area contributed by atoms with Gasteiger partial charge in [-0.1, -0.05) is 133 Å². The van der Waals surface area contributed by atoms with Crippen molar-refractivity contribution in [2.24, 2.45) is 0 Å². The first-order valence-electron chi connectivity index (χ1n) is 14.8. The third-order valence-corrected chi connectivity index (χ3v) is 8.84. The summed E-state index contributed by atoms with van der Waals surface area (Å²) in [7, 11) is 0. The third kappa shape index (κ3) is 3.72. The van der Waals surface area contributed by atoms with Crippen LogP contribution in [0.25, 0.3) is 87.6 Å². The summed E-state index contributed by atoms with van der Waals surface area (Å²) in [5.41, 5.74) is 9.28. The number of fused-ring (bicyclic) bond motifs is 7. The molecule has 43 heavy (non-hydrogen) atoms. The van der Waals surface area contributed by atoms with Crippen LogP contribution in [0, 0.1) is 0 Å². The van der Waals surface area contributed by atoms with Crippen LogP contribution in [0.5, 0.6) is 0 Å². The van der Waals surface area contributed by atoms with Gasteiger partial charge in [-0.25, -0.2) is 0 Å². The molecule has 200 valence electrons. The van der Waals surface area contributed by atoms with Crippen molar-refractivity contribution in [2.75, 3.05) is 0 Å². The van der Waals surface area contributed by atoms with Gasteiger partial charge >= 0.3 is 0 Å². The summed E-state index contributed by atoms with van der Waals surface area (Å²) in [4.78, 5) is 0. The molecule has 0 fully saturated rings. The minimum atomic E-state index is 0.924. The first-order valence-corrected chi connectivity index (χ1v) is 14.8. The van der Waals surface area contributed by atoms with E-state index in [1.165, 1.54) is 71.1 Å². The second-order valence-corrected chi connectivity index (χ2v) is 11.3. The molecule has 0 unspecified atom stereocenters. The molecule has 0 saturated heterocycles. The second kappa shape index (κ2) is 9.44. The van der Waals surface area contributed by atoms with Crippen LogP contribution in [-0.4, -0.2) is 0 Å². The van der Waals surface area contributed by atoms with Crippen LogP contribution < -0.4 is 0 Å². The Labute approximate surface area is 249 Å². The minimum absolute atomic E-state index is 0.924. The van der Waals surface area contributed by atoms with E-state index in [1.54, 1.807) is 0 Å². The Morgan fingerprint density at radius 2 is 0.837 bits per heavy atom. The van der Waals surface area contributed by atoms with Gasteiger partial charge in [-0.05, 0) is 90.0 Å². The second-order valence-electron chi connectivity index (χ2n) is 11.3. The quantitative estimate of drug-likeness (QED) is 0.201. The Morgan fingerprint density at radius 3 is 1.53 bits per heavy atom. The van der Waals surface area contributed by atoms with Crippen molar-refractivity contribution in [1.29, 1.82) is 0 Å². The summed E-state index contributed by atoms with van der Waals surface area (Å²) >= 11 is 0. The Balaban J connectivity index is 1.35. The third-order valence-electron chi connectivity index (χ3n) is 8.84. The van der Waals surface area contributed by atoms with Crippen molar-refractivity contribution in [3.8, 4) is 33.4 Å². The molecule has 0 aliphatic rings. The van der Waals surface area contributed by atoms with E-state index in [0.717, 1.165) is 16.6 Å². The van der Waals surface area contributed by atoms with E-state index in [1.807, 2.05) is 6.07 Å².